The maximum atomic E-state index is 12.4. The van der Waals surface area contributed by atoms with E-state index in [1.807, 2.05) is 54.3 Å². The van der Waals surface area contributed by atoms with Gasteiger partial charge in [-0.2, -0.15) is 0 Å². The number of halogens is 1. The zero-order chi connectivity index (χ0) is 17.8. The first-order valence-electron chi connectivity index (χ1n) is 8.28. The molecule has 0 bridgehead atoms. The fourth-order valence-electron chi connectivity index (χ4n) is 2.99. The maximum absolute atomic E-state index is 12.4. The van der Waals surface area contributed by atoms with Crippen LogP contribution >= 0.6 is 11.6 Å². The highest BCUT2D eigenvalue weighted by molar-refractivity contribution is 6.30. The molecule has 25 heavy (non-hydrogen) atoms. The lowest BCUT2D eigenvalue weighted by Gasteiger charge is -2.36. The number of carbonyl (C=O) groups excluding carboxylic acids is 1. The lowest BCUT2D eigenvalue weighted by Crippen LogP contribution is -2.50. The van der Waals surface area contributed by atoms with Crippen LogP contribution in [-0.2, 0) is 0 Å². The maximum Gasteiger partial charge on any atom is 0.321 e. The van der Waals surface area contributed by atoms with Gasteiger partial charge in [-0.1, -0.05) is 23.7 Å². The lowest BCUT2D eigenvalue weighted by atomic mass is 10.2. The van der Waals surface area contributed by atoms with Crippen LogP contribution in [0, 0.1) is 6.92 Å². The third-order valence-electron chi connectivity index (χ3n) is 4.32. The first-order valence-corrected chi connectivity index (χ1v) is 8.65. The predicted octanol–water partition coefficient (Wildman–Crippen LogP) is 4.01. The third kappa shape index (κ3) is 4.17. The molecule has 2 amide bonds. The number of hydrogen-bond donors (Lipinski definition) is 1. The zero-order valence-electron chi connectivity index (χ0n) is 14.5. The number of nitrogens with one attached hydrogen (secondary N) is 1. The van der Waals surface area contributed by atoms with Crippen molar-refractivity contribution in [2.75, 3.05) is 43.5 Å². The van der Waals surface area contributed by atoms with Crippen molar-refractivity contribution in [2.24, 2.45) is 0 Å². The molecule has 0 atom stereocenters. The molecule has 0 unspecified atom stereocenters. The van der Waals surface area contributed by atoms with Gasteiger partial charge in [-0.05, 0) is 42.8 Å². The van der Waals surface area contributed by atoms with Gasteiger partial charge in [0.25, 0.3) is 0 Å². The summed E-state index contributed by atoms with van der Waals surface area (Å²) in [7, 11) is 1.65. The smallest absolute Gasteiger partial charge is 0.321 e. The minimum absolute atomic E-state index is 0.0664. The highest BCUT2D eigenvalue weighted by Gasteiger charge is 2.23. The number of rotatable bonds is 3. The number of carbonyl (C=O) groups is 1. The Kier molecular flexibility index (Phi) is 5.34. The number of amides is 2. The van der Waals surface area contributed by atoms with Crippen molar-refractivity contribution in [3.63, 3.8) is 0 Å². The summed E-state index contributed by atoms with van der Waals surface area (Å²) in [6.07, 6.45) is 0. The van der Waals surface area contributed by atoms with Gasteiger partial charge in [0.1, 0.15) is 5.75 Å². The van der Waals surface area contributed by atoms with Crippen LogP contribution in [0.15, 0.2) is 42.5 Å². The Morgan fingerprint density at radius 3 is 2.56 bits per heavy atom. The number of anilines is 2. The quantitative estimate of drug-likeness (QED) is 0.900. The van der Waals surface area contributed by atoms with Gasteiger partial charge in [0.05, 0.1) is 12.8 Å². The molecule has 5 nitrogen and oxygen atoms in total. The Balaban J connectivity index is 1.62. The van der Waals surface area contributed by atoms with Gasteiger partial charge in [0.2, 0.25) is 0 Å². The lowest BCUT2D eigenvalue weighted by molar-refractivity contribution is 0.208. The Bertz CT molecular complexity index is 758. The number of piperazine rings is 1. The largest absolute Gasteiger partial charge is 0.495 e. The van der Waals surface area contributed by atoms with Gasteiger partial charge in [0, 0.05) is 36.9 Å². The molecule has 1 aliphatic rings. The number of hydrogen-bond acceptors (Lipinski definition) is 3. The van der Waals surface area contributed by atoms with Crippen molar-refractivity contribution in [2.45, 2.75) is 6.92 Å². The first kappa shape index (κ1) is 17.4. The van der Waals surface area contributed by atoms with E-state index in [9.17, 15) is 4.79 Å². The SMILES string of the molecule is COc1ccc(Cl)cc1N1CCN(C(=O)Nc2cccc(C)c2)CC1. The fourth-order valence-corrected chi connectivity index (χ4v) is 3.15. The van der Waals surface area contributed by atoms with Gasteiger partial charge < -0.3 is 19.9 Å². The molecule has 0 aromatic heterocycles. The Morgan fingerprint density at radius 1 is 1.12 bits per heavy atom. The first-order chi connectivity index (χ1) is 12.1. The van der Waals surface area contributed by atoms with Crippen molar-refractivity contribution in [1.82, 2.24) is 4.90 Å². The molecule has 2 aromatic carbocycles. The van der Waals surface area contributed by atoms with Gasteiger partial charge >= 0.3 is 6.03 Å². The van der Waals surface area contributed by atoms with Crippen molar-refractivity contribution >= 4 is 29.0 Å². The summed E-state index contributed by atoms with van der Waals surface area (Å²) in [6.45, 7) is 4.77. The topological polar surface area (TPSA) is 44.8 Å². The van der Waals surface area contributed by atoms with Crippen LogP contribution in [0.25, 0.3) is 0 Å². The van der Waals surface area contributed by atoms with Crippen LogP contribution in [0.5, 0.6) is 5.75 Å². The third-order valence-corrected chi connectivity index (χ3v) is 4.55. The number of ether oxygens (including phenoxy) is 1. The number of aryl methyl sites for hydroxylation is 1. The Labute approximate surface area is 153 Å². The van der Waals surface area contributed by atoms with E-state index in [2.05, 4.69) is 10.2 Å². The molecule has 1 saturated heterocycles. The summed E-state index contributed by atoms with van der Waals surface area (Å²) < 4.78 is 5.42. The summed E-state index contributed by atoms with van der Waals surface area (Å²) in [6, 6.07) is 13.3. The molecular weight excluding hydrogens is 338 g/mol. The molecule has 0 aliphatic carbocycles. The minimum Gasteiger partial charge on any atom is -0.495 e. The number of benzene rings is 2. The van der Waals surface area contributed by atoms with Gasteiger partial charge in [-0.15, -0.1) is 0 Å². The second-order valence-electron chi connectivity index (χ2n) is 6.09. The average Bonchev–Trinajstić information content (AvgIpc) is 2.62. The van der Waals surface area contributed by atoms with E-state index in [1.54, 1.807) is 7.11 Å². The van der Waals surface area contributed by atoms with Gasteiger partial charge in [0.15, 0.2) is 0 Å². The van der Waals surface area contributed by atoms with E-state index < -0.39 is 0 Å². The summed E-state index contributed by atoms with van der Waals surface area (Å²) in [5, 5.41) is 3.64. The molecule has 0 spiro atoms. The van der Waals surface area contributed by atoms with Crippen molar-refractivity contribution in [1.29, 1.82) is 0 Å². The monoisotopic (exact) mass is 359 g/mol. The highest BCUT2D eigenvalue weighted by Crippen LogP contribution is 2.31. The molecule has 2 aromatic rings. The number of methoxy groups -OCH3 is 1. The minimum atomic E-state index is -0.0664. The Morgan fingerprint density at radius 2 is 1.88 bits per heavy atom. The average molecular weight is 360 g/mol. The highest BCUT2D eigenvalue weighted by atomic mass is 35.5. The second-order valence-corrected chi connectivity index (χ2v) is 6.53. The molecular formula is C19H22ClN3O2. The van der Waals surface area contributed by atoms with Gasteiger partial charge in [-0.3, -0.25) is 0 Å². The van der Waals surface area contributed by atoms with Crippen LogP contribution in [0.1, 0.15) is 5.56 Å². The molecule has 1 N–H and O–H groups in total. The normalized spacial score (nSPS) is 14.4. The standard InChI is InChI=1S/C19H22ClN3O2/c1-14-4-3-5-16(12-14)21-19(24)23-10-8-22(9-11-23)17-13-15(20)6-7-18(17)25-2/h3-7,12-13H,8-11H2,1-2H3,(H,21,24). The van der Waals surface area contributed by atoms with Crippen LogP contribution in [0.2, 0.25) is 5.02 Å². The molecule has 3 rings (SSSR count). The van der Waals surface area contributed by atoms with Crippen LogP contribution in [0.3, 0.4) is 0 Å². The molecule has 1 aliphatic heterocycles. The van der Waals surface area contributed by atoms with Crippen LogP contribution in [0.4, 0.5) is 16.2 Å². The summed E-state index contributed by atoms with van der Waals surface area (Å²) in [5.74, 6) is 0.794. The zero-order valence-corrected chi connectivity index (χ0v) is 15.2. The predicted molar refractivity (Wildman–Crippen MR) is 102 cm³/mol. The van der Waals surface area contributed by atoms with Crippen molar-refractivity contribution < 1.29 is 9.53 Å². The van der Waals surface area contributed by atoms with E-state index in [-0.39, 0.29) is 6.03 Å². The van der Waals surface area contributed by atoms with Crippen molar-refractivity contribution in [3.8, 4) is 5.75 Å². The summed E-state index contributed by atoms with van der Waals surface area (Å²) in [5.41, 5.74) is 2.91. The van der Waals surface area contributed by atoms with E-state index in [0.29, 0.717) is 18.1 Å². The summed E-state index contributed by atoms with van der Waals surface area (Å²) in [4.78, 5) is 16.5. The molecule has 1 fully saturated rings. The second kappa shape index (κ2) is 7.66. The van der Waals surface area contributed by atoms with E-state index in [0.717, 1.165) is 35.8 Å². The molecule has 6 heteroatoms. The van der Waals surface area contributed by atoms with Crippen molar-refractivity contribution in [3.05, 3.63) is 53.1 Å². The Hall–Kier alpha value is -2.40. The molecule has 132 valence electrons. The molecule has 0 radical (unpaired) electrons. The molecule has 0 saturated carbocycles. The molecule has 1 heterocycles. The van der Waals surface area contributed by atoms with Crippen LogP contribution < -0.4 is 15.0 Å². The summed E-state index contributed by atoms with van der Waals surface area (Å²) >= 11 is 6.12. The van der Waals surface area contributed by atoms with E-state index >= 15 is 0 Å². The number of urea groups is 1. The number of nitrogens with zero attached hydrogens (tertiary/aromatic N) is 2. The van der Waals surface area contributed by atoms with E-state index in [1.165, 1.54) is 0 Å². The van der Waals surface area contributed by atoms with Crippen LogP contribution in [-0.4, -0.2) is 44.2 Å². The van der Waals surface area contributed by atoms with Gasteiger partial charge in [-0.25, -0.2) is 4.79 Å². The fraction of sp³-hybridized carbons (Fsp3) is 0.316. The van der Waals surface area contributed by atoms with E-state index in [4.69, 9.17) is 16.3 Å².